The first-order valence-corrected chi connectivity index (χ1v) is 5.39. The molecular weight excluding hydrogens is 232 g/mol. The molecule has 0 radical (unpaired) electrons. The topological polar surface area (TPSA) is 151 Å². The molecule has 1 fully saturated rings. The Kier molecular flexibility index (Phi) is 5.70. The van der Waals surface area contributed by atoms with Gasteiger partial charge in [-0.3, -0.25) is 0 Å². The molecule has 0 aromatic heterocycles. The van der Waals surface area contributed by atoms with Crippen molar-refractivity contribution in [3.63, 3.8) is 0 Å². The van der Waals surface area contributed by atoms with E-state index in [1.807, 2.05) is 0 Å². The van der Waals surface area contributed by atoms with E-state index in [4.69, 9.17) is 26.0 Å². The Morgan fingerprint density at radius 2 is 1.82 bits per heavy atom. The van der Waals surface area contributed by atoms with Gasteiger partial charge in [-0.05, 0) is 0 Å². The zero-order valence-electron chi connectivity index (χ0n) is 9.35. The van der Waals surface area contributed by atoms with Gasteiger partial charge < -0.3 is 41.4 Å². The highest BCUT2D eigenvalue weighted by Crippen LogP contribution is 2.21. The second kappa shape index (κ2) is 6.57. The van der Waals surface area contributed by atoms with Gasteiger partial charge in [-0.25, -0.2) is 0 Å². The Bertz CT molecular complexity index is 230. The maximum atomic E-state index is 9.59. The van der Waals surface area contributed by atoms with E-state index in [1.165, 1.54) is 0 Å². The number of aliphatic hydroxyl groups is 4. The molecule has 8 nitrogen and oxygen atoms in total. The molecule has 0 aromatic rings. The van der Waals surface area contributed by atoms with Crippen molar-refractivity contribution in [1.29, 1.82) is 0 Å². The molecule has 6 atom stereocenters. The number of hydrogen-bond acceptors (Lipinski definition) is 8. The van der Waals surface area contributed by atoms with Crippen LogP contribution < -0.4 is 11.5 Å². The average Bonchev–Trinajstić information content (AvgIpc) is 2.34. The van der Waals surface area contributed by atoms with Crippen molar-refractivity contribution in [3.8, 4) is 0 Å². The Hall–Kier alpha value is -0.320. The van der Waals surface area contributed by atoms with Gasteiger partial charge in [-0.1, -0.05) is 0 Å². The molecule has 0 spiro atoms. The largest absolute Gasteiger partial charge is 0.394 e. The molecule has 0 aliphatic carbocycles. The Morgan fingerprint density at radius 1 is 1.18 bits per heavy atom. The van der Waals surface area contributed by atoms with Gasteiger partial charge in [0.2, 0.25) is 0 Å². The van der Waals surface area contributed by atoms with E-state index >= 15 is 0 Å². The van der Waals surface area contributed by atoms with E-state index in [0.717, 1.165) is 0 Å². The summed E-state index contributed by atoms with van der Waals surface area (Å²) in [7, 11) is 0. The second-order valence-electron chi connectivity index (χ2n) is 4.03. The first kappa shape index (κ1) is 14.7. The monoisotopic (exact) mass is 252 g/mol. The lowest BCUT2D eigenvalue weighted by atomic mass is 9.99. The SMILES string of the molecule is NC[C@H](N)CO[C@@H]1O[C@H](CO)[C@@H](O)[C@H](O)[C@H]1O. The predicted molar refractivity (Wildman–Crippen MR) is 56.7 cm³/mol. The summed E-state index contributed by atoms with van der Waals surface area (Å²) >= 11 is 0. The second-order valence-corrected chi connectivity index (χ2v) is 4.03. The molecule has 0 unspecified atom stereocenters. The number of rotatable bonds is 5. The lowest BCUT2D eigenvalue weighted by Crippen LogP contribution is -2.59. The Balaban J connectivity index is 2.53. The van der Waals surface area contributed by atoms with E-state index in [-0.39, 0.29) is 13.2 Å². The quantitative estimate of drug-likeness (QED) is 0.290. The van der Waals surface area contributed by atoms with Crippen LogP contribution in [0.1, 0.15) is 0 Å². The van der Waals surface area contributed by atoms with E-state index in [9.17, 15) is 15.3 Å². The summed E-state index contributed by atoms with van der Waals surface area (Å²) in [5, 5.41) is 37.5. The van der Waals surface area contributed by atoms with Gasteiger partial charge in [-0.2, -0.15) is 0 Å². The lowest BCUT2D eigenvalue weighted by molar-refractivity contribution is -0.301. The van der Waals surface area contributed by atoms with Crippen LogP contribution in [-0.2, 0) is 9.47 Å². The van der Waals surface area contributed by atoms with Gasteiger partial charge in [0, 0.05) is 12.6 Å². The van der Waals surface area contributed by atoms with Crippen molar-refractivity contribution >= 4 is 0 Å². The van der Waals surface area contributed by atoms with Crippen molar-refractivity contribution in [3.05, 3.63) is 0 Å². The Morgan fingerprint density at radius 3 is 2.35 bits per heavy atom. The van der Waals surface area contributed by atoms with Crippen LogP contribution in [0, 0.1) is 0 Å². The minimum absolute atomic E-state index is 0.0409. The number of nitrogens with two attached hydrogens (primary N) is 2. The van der Waals surface area contributed by atoms with E-state index in [0.29, 0.717) is 0 Å². The standard InChI is InChI=1S/C9H20N2O6/c10-1-4(11)3-16-9-8(15)7(14)6(13)5(2-12)17-9/h4-9,12-15H,1-3,10-11H2/t4-,5+,6+,7-,8+,9+/m0/s1. The van der Waals surface area contributed by atoms with Crippen LogP contribution >= 0.6 is 0 Å². The molecule has 0 amide bonds. The normalized spacial score (nSPS) is 40.2. The minimum Gasteiger partial charge on any atom is -0.394 e. The summed E-state index contributed by atoms with van der Waals surface area (Å²) in [4.78, 5) is 0. The van der Waals surface area contributed by atoms with E-state index in [1.54, 1.807) is 0 Å². The fourth-order valence-corrected chi connectivity index (χ4v) is 1.49. The Labute approximate surface area is 98.7 Å². The summed E-state index contributed by atoms with van der Waals surface area (Å²) in [6, 6.07) is -0.414. The number of aliphatic hydroxyl groups excluding tert-OH is 4. The third-order valence-corrected chi connectivity index (χ3v) is 2.63. The van der Waals surface area contributed by atoms with Crippen molar-refractivity contribution in [1.82, 2.24) is 0 Å². The zero-order chi connectivity index (χ0) is 13.0. The molecule has 0 aromatic carbocycles. The maximum absolute atomic E-state index is 9.59. The molecule has 1 aliphatic heterocycles. The van der Waals surface area contributed by atoms with Crippen molar-refractivity contribution in [2.45, 2.75) is 36.7 Å². The lowest BCUT2D eigenvalue weighted by Gasteiger charge is -2.39. The molecule has 8 N–H and O–H groups in total. The van der Waals surface area contributed by atoms with Crippen LogP contribution in [0.15, 0.2) is 0 Å². The van der Waals surface area contributed by atoms with Crippen LogP contribution in [0.25, 0.3) is 0 Å². The molecule has 1 saturated heterocycles. The molecule has 1 aliphatic rings. The van der Waals surface area contributed by atoms with Gasteiger partial charge in [0.1, 0.15) is 24.4 Å². The van der Waals surface area contributed by atoms with Gasteiger partial charge in [0.25, 0.3) is 0 Å². The molecule has 0 saturated carbocycles. The maximum Gasteiger partial charge on any atom is 0.186 e. The van der Waals surface area contributed by atoms with Crippen molar-refractivity contribution < 1.29 is 29.9 Å². The summed E-state index contributed by atoms with van der Waals surface area (Å²) in [6.45, 7) is -0.246. The molecule has 102 valence electrons. The molecule has 0 bridgehead atoms. The smallest absolute Gasteiger partial charge is 0.186 e. The number of ether oxygens (including phenoxy) is 2. The van der Waals surface area contributed by atoms with E-state index in [2.05, 4.69) is 0 Å². The minimum atomic E-state index is -1.44. The predicted octanol–water partition coefficient (Wildman–Crippen LogP) is -3.91. The fourth-order valence-electron chi connectivity index (χ4n) is 1.49. The van der Waals surface area contributed by atoms with Crippen LogP contribution in [0.2, 0.25) is 0 Å². The van der Waals surface area contributed by atoms with Crippen molar-refractivity contribution in [2.75, 3.05) is 19.8 Å². The van der Waals surface area contributed by atoms with Gasteiger partial charge >= 0.3 is 0 Å². The molecule has 1 rings (SSSR count). The summed E-state index contributed by atoms with van der Waals surface area (Å²) in [5.41, 5.74) is 10.8. The first-order valence-electron chi connectivity index (χ1n) is 5.39. The zero-order valence-corrected chi connectivity index (χ0v) is 9.35. The summed E-state index contributed by atoms with van der Waals surface area (Å²) < 4.78 is 10.2. The highest BCUT2D eigenvalue weighted by Gasteiger charge is 2.44. The van der Waals surface area contributed by atoms with Crippen LogP contribution in [0.4, 0.5) is 0 Å². The summed E-state index contributed by atoms with van der Waals surface area (Å²) in [6.07, 6.45) is -6.37. The first-order chi connectivity index (χ1) is 8.01. The van der Waals surface area contributed by atoms with Crippen molar-refractivity contribution in [2.24, 2.45) is 11.5 Å². The highest BCUT2D eigenvalue weighted by molar-refractivity contribution is 4.89. The van der Waals surface area contributed by atoms with Crippen LogP contribution in [0.3, 0.4) is 0 Å². The van der Waals surface area contributed by atoms with Gasteiger partial charge in [0.05, 0.1) is 13.2 Å². The molecule has 8 heteroatoms. The third-order valence-electron chi connectivity index (χ3n) is 2.63. The van der Waals surface area contributed by atoms with Gasteiger partial charge in [0.15, 0.2) is 6.29 Å². The third kappa shape index (κ3) is 3.57. The van der Waals surface area contributed by atoms with Gasteiger partial charge in [-0.15, -0.1) is 0 Å². The molecular formula is C9H20N2O6. The van der Waals surface area contributed by atoms with Crippen LogP contribution in [-0.4, -0.2) is 76.9 Å². The molecule has 17 heavy (non-hydrogen) atoms. The highest BCUT2D eigenvalue weighted by atomic mass is 16.7. The summed E-state index contributed by atoms with van der Waals surface area (Å²) in [5.74, 6) is 0. The van der Waals surface area contributed by atoms with Crippen LogP contribution in [0.5, 0.6) is 0 Å². The fraction of sp³-hybridized carbons (Fsp3) is 1.00. The molecule has 1 heterocycles. The average molecular weight is 252 g/mol. The van der Waals surface area contributed by atoms with E-state index < -0.39 is 43.4 Å². The number of hydrogen-bond donors (Lipinski definition) is 6.